The molecule has 0 spiro atoms. The summed E-state index contributed by atoms with van der Waals surface area (Å²) in [5.74, 6) is 0.564. The fourth-order valence-corrected chi connectivity index (χ4v) is 1.62. The Kier molecular flexibility index (Phi) is 3.00. The van der Waals surface area contributed by atoms with Gasteiger partial charge in [-0.3, -0.25) is 15.1 Å². The molecule has 1 aromatic carbocycles. The molecule has 0 N–H and O–H groups in total. The fourth-order valence-electron chi connectivity index (χ4n) is 1.62. The van der Waals surface area contributed by atoms with Gasteiger partial charge >= 0.3 is 0 Å². The Morgan fingerprint density at radius 3 is 2.94 bits per heavy atom. The van der Waals surface area contributed by atoms with Crippen LogP contribution in [0, 0.1) is 10.1 Å². The molecule has 2 aromatic rings. The highest BCUT2D eigenvalue weighted by Crippen LogP contribution is 2.27. The molecule has 0 bridgehead atoms. The van der Waals surface area contributed by atoms with Crippen molar-refractivity contribution in [1.82, 2.24) is 4.98 Å². The molecule has 1 heterocycles. The zero-order chi connectivity index (χ0) is 12.3. The predicted octanol–water partition coefficient (Wildman–Crippen LogP) is 2.49. The maximum atomic E-state index is 10.4. The lowest BCUT2D eigenvalue weighted by molar-refractivity contribution is -0.400. The number of aromatic nitrogens is 1. The summed E-state index contributed by atoms with van der Waals surface area (Å²) >= 11 is 0. The number of pyridine rings is 1. The minimum absolute atomic E-state index is 0.513. The first-order valence-electron chi connectivity index (χ1n) is 4.96. The van der Waals surface area contributed by atoms with E-state index < -0.39 is 4.92 Å². The van der Waals surface area contributed by atoms with E-state index in [1.54, 1.807) is 12.3 Å². The van der Waals surface area contributed by atoms with E-state index in [1.165, 1.54) is 13.2 Å². The van der Waals surface area contributed by atoms with Crippen LogP contribution in [0.25, 0.3) is 17.0 Å². The van der Waals surface area contributed by atoms with Crippen LogP contribution in [0.2, 0.25) is 0 Å². The summed E-state index contributed by atoms with van der Waals surface area (Å²) in [6, 6.07) is 7.34. The largest absolute Gasteiger partial charge is 0.496 e. The highest BCUT2D eigenvalue weighted by atomic mass is 16.6. The second kappa shape index (κ2) is 4.61. The van der Waals surface area contributed by atoms with Crippen LogP contribution in [-0.2, 0) is 0 Å². The number of hydrogen-bond acceptors (Lipinski definition) is 4. The molecular formula is C12H10N2O3. The second-order valence-corrected chi connectivity index (χ2v) is 3.36. The lowest BCUT2D eigenvalue weighted by atomic mass is 10.1. The third-order valence-electron chi connectivity index (χ3n) is 2.36. The van der Waals surface area contributed by atoms with E-state index in [1.807, 2.05) is 18.2 Å². The Morgan fingerprint density at radius 2 is 2.24 bits per heavy atom. The highest BCUT2D eigenvalue weighted by molar-refractivity contribution is 5.89. The van der Waals surface area contributed by atoms with Gasteiger partial charge in [0.25, 0.3) is 0 Å². The van der Waals surface area contributed by atoms with Gasteiger partial charge in [0.1, 0.15) is 5.75 Å². The van der Waals surface area contributed by atoms with Crippen molar-refractivity contribution in [2.75, 3.05) is 7.11 Å². The monoisotopic (exact) mass is 230 g/mol. The average molecular weight is 230 g/mol. The lowest BCUT2D eigenvalue weighted by Crippen LogP contribution is -1.91. The van der Waals surface area contributed by atoms with Crippen molar-refractivity contribution < 1.29 is 9.66 Å². The van der Waals surface area contributed by atoms with Crippen LogP contribution >= 0.6 is 0 Å². The first-order valence-corrected chi connectivity index (χ1v) is 4.96. The summed E-state index contributed by atoms with van der Waals surface area (Å²) in [6.07, 6.45) is 3.92. The first-order chi connectivity index (χ1) is 8.22. The number of fused-ring (bicyclic) bond motifs is 1. The van der Waals surface area contributed by atoms with Crippen molar-refractivity contribution in [2.45, 2.75) is 0 Å². The van der Waals surface area contributed by atoms with E-state index in [4.69, 9.17) is 4.74 Å². The highest BCUT2D eigenvalue weighted by Gasteiger charge is 2.07. The summed E-state index contributed by atoms with van der Waals surface area (Å²) in [4.78, 5) is 14.1. The van der Waals surface area contributed by atoms with Gasteiger partial charge in [-0.2, -0.15) is 0 Å². The molecule has 0 aliphatic rings. The number of benzene rings is 1. The normalized spacial score (nSPS) is 10.9. The summed E-state index contributed by atoms with van der Waals surface area (Å²) < 4.78 is 5.17. The third kappa shape index (κ3) is 2.23. The first kappa shape index (κ1) is 11.1. The van der Waals surface area contributed by atoms with Gasteiger partial charge in [0.15, 0.2) is 0 Å². The topological polar surface area (TPSA) is 65.3 Å². The quantitative estimate of drug-likeness (QED) is 0.600. The van der Waals surface area contributed by atoms with Crippen LogP contribution in [0.3, 0.4) is 0 Å². The second-order valence-electron chi connectivity index (χ2n) is 3.36. The molecule has 86 valence electrons. The number of hydrogen-bond donors (Lipinski definition) is 0. The number of methoxy groups -OCH3 is 1. The number of ether oxygens (including phenoxy) is 1. The minimum atomic E-state index is -0.513. The molecule has 0 aliphatic heterocycles. The molecule has 0 saturated carbocycles. The average Bonchev–Trinajstić information content (AvgIpc) is 2.35. The Hall–Kier alpha value is -2.43. The molecule has 0 saturated heterocycles. The van der Waals surface area contributed by atoms with Crippen molar-refractivity contribution in [2.24, 2.45) is 0 Å². The van der Waals surface area contributed by atoms with Crippen LogP contribution in [0.15, 0.2) is 36.7 Å². The molecule has 1 aromatic heterocycles. The maximum absolute atomic E-state index is 10.4. The molecule has 0 unspecified atom stereocenters. The van der Waals surface area contributed by atoms with Crippen molar-refractivity contribution in [3.8, 4) is 5.75 Å². The van der Waals surface area contributed by atoms with Crippen LogP contribution in [0.4, 0.5) is 0 Å². The zero-order valence-corrected chi connectivity index (χ0v) is 9.16. The van der Waals surface area contributed by atoms with Crippen LogP contribution in [-0.4, -0.2) is 17.0 Å². The lowest BCUT2D eigenvalue weighted by Gasteiger charge is -2.06. The Balaban J connectivity index is 2.67. The number of nitrogens with zero attached hydrogens (tertiary/aromatic N) is 2. The summed E-state index contributed by atoms with van der Waals surface area (Å²) in [7, 11) is 1.52. The number of rotatable bonds is 3. The Bertz CT molecular complexity index is 593. The van der Waals surface area contributed by atoms with Crippen LogP contribution < -0.4 is 4.74 Å². The summed E-state index contributed by atoms with van der Waals surface area (Å²) in [6.45, 7) is 0. The van der Waals surface area contributed by atoms with Gasteiger partial charge in [0, 0.05) is 23.2 Å². The molecular weight excluding hydrogens is 220 g/mol. The molecule has 17 heavy (non-hydrogen) atoms. The fraction of sp³-hybridized carbons (Fsp3) is 0.0833. The number of nitro groups is 1. The smallest absolute Gasteiger partial charge is 0.235 e. The maximum Gasteiger partial charge on any atom is 0.235 e. The Labute approximate surface area is 97.5 Å². The van der Waals surface area contributed by atoms with E-state index in [0.717, 1.165) is 11.6 Å². The summed E-state index contributed by atoms with van der Waals surface area (Å²) in [5.41, 5.74) is 1.30. The molecule has 5 nitrogen and oxygen atoms in total. The van der Waals surface area contributed by atoms with Crippen molar-refractivity contribution in [3.05, 3.63) is 52.3 Å². The van der Waals surface area contributed by atoms with Gasteiger partial charge in [-0.05, 0) is 18.2 Å². The van der Waals surface area contributed by atoms with E-state index in [2.05, 4.69) is 4.98 Å². The van der Waals surface area contributed by atoms with Gasteiger partial charge in [0.05, 0.1) is 17.5 Å². The third-order valence-corrected chi connectivity index (χ3v) is 2.36. The van der Waals surface area contributed by atoms with Gasteiger partial charge < -0.3 is 4.74 Å². The van der Waals surface area contributed by atoms with Gasteiger partial charge in [-0.1, -0.05) is 6.07 Å². The van der Waals surface area contributed by atoms with Gasteiger partial charge in [-0.25, -0.2) is 0 Å². The van der Waals surface area contributed by atoms with Gasteiger partial charge in [-0.15, -0.1) is 0 Å². The van der Waals surface area contributed by atoms with Crippen LogP contribution in [0.5, 0.6) is 5.75 Å². The van der Waals surface area contributed by atoms with E-state index in [-0.39, 0.29) is 0 Å². The minimum Gasteiger partial charge on any atom is -0.496 e. The Morgan fingerprint density at radius 1 is 1.41 bits per heavy atom. The predicted molar refractivity (Wildman–Crippen MR) is 64.3 cm³/mol. The molecule has 0 fully saturated rings. The molecule has 0 atom stereocenters. The van der Waals surface area contributed by atoms with Gasteiger partial charge in [0.2, 0.25) is 6.20 Å². The van der Waals surface area contributed by atoms with E-state index in [0.29, 0.717) is 16.8 Å². The molecule has 0 aliphatic carbocycles. The SMILES string of the molecule is COc1ccc2cccnc2c1C=C[N+](=O)[O-]. The molecule has 5 heteroatoms. The standard InChI is InChI=1S/C12H10N2O3/c1-17-11-5-4-9-3-2-7-13-12(9)10(11)6-8-14(15)16/h2-8H,1H3. The van der Waals surface area contributed by atoms with Crippen molar-refractivity contribution in [1.29, 1.82) is 0 Å². The van der Waals surface area contributed by atoms with Crippen molar-refractivity contribution in [3.63, 3.8) is 0 Å². The van der Waals surface area contributed by atoms with E-state index >= 15 is 0 Å². The molecule has 0 radical (unpaired) electrons. The summed E-state index contributed by atoms with van der Waals surface area (Å²) in [5, 5.41) is 11.3. The zero-order valence-electron chi connectivity index (χ0n) is 9.16. The van der Waals surface area contributed by atoms with E-state index in [9.17, 15) is 10.1 Å². The van der Waals surface area contributed by atoms with Crippen molar-refractivity contribution >= 4 is 17.0 Å². The van der Waals surface area contributed by atoms with Crippen LogP contribution in [0.1, 0.15) is 5.56 Å². The molecule has 0 amide bonds. The molecule has 2 rings (SSSR count).